The minimum atomic E-state index is 0.680. The highest BCUT2D eigenvalue weighted by Crippen LogP contribution is 2.35. The van der Waals surface area contributed by atoms with Crippen LogP contribution in [0.25, 0.3) is 0 Å². The molecule has 0 radical (unpaired) electrons. The van der Waals surface area contributed by atoms with Crippen molar-refractivity contribution in [2.75, 3.05) is 36.3 Å². The van der Waals surface area contributed by atoms with Gasteiger partial charge in [0.2, 0.25) is 5.95 Å². The van der Waals surface area contributed by atoms with E-state index in [1.807, 2.05) is 22.9 Å². The molecule has 0 amide bonds. The van der Waals surface area contributed by atoms with Gasteiger partial charge < -0.3 is 9.64 Å². The summed E-state index contributed by atoms with van der Waals surface area (Å²) in [5.41, 5.74) is 1.20. The molecule has 0 N–H and O–H groups in total. The second kappa shape index (κ2) is 6.94. The predicted molar refractivity (Wildman–Crippen MR) is 95.7 cm³/mol. The summed E-state index contributed by atoms with van der Waals surface area (Å²) in [5.74, 6) is 1.43. The largest absolute Gasteiger partial charge is 0.378 e. The summed E-state index contributed by atoms with van der Waals surface area (Å²) < 4.78 is 8.37. The third kappa shape index (κ3) is 3.54. The lowest BCUT2D eigenvalue weighted by atomic mass is 10.2. The van der Waals surface area contributed by atoms with E-state index >= 15 is 0 Å². The summed E-state index contributed by atoms with van der Waals surface area (Å²) in [5, 5.41) is 5.76. The van der Waals surface area contributed by atoms with Gasteiger partial charge in [-0.25, -0.2) is 4.68 Å². The van der Waals surface area contributed by atoms with Crippen molar-refractivity contribution in [2.45, 2.75) is 6.54 Å². The third-order valence-electron chi connectivity index (χ3n) is 3.67. The number of rotatable bonds is 4. The quantitative estimate of drug-likeness (QED) is 0.847. The summed E-state index contributed by atoms with van der Waals surface area (Å²) in [4.78, 5) is 11.5. The predicted octanol–water partition coefficient (Wildman–Crippen LogP) is 2.59. The molecule has 2 aromatic rings. The van der Waals surface area contributed by atoms with Crippen LogP contribution in [0.3, 0.4) is 0 Å². The van der Waals surface area contributed by atoms with Gasteiger partial charge in [-0.2, -0.15) is 9.98 Å². The molecule has 3 heterocycles. The number of benzene rings is 1. The number of hydrogen-bond acceptors (Lipinski definition) is 7. The Balaban J connectivity index is 1.62. The summed E-state index contributed by atoms with van der Waals surface area (Å²) in [6.45, 7) is 3.79. The van der Waals surface area contributed by atoms with Crippen molar-refractivity contribution < 1.29 is 4.74 Å². The van der Waals surface area contributed by atoms with Gasteiger partial charge in [0.25, 0.3) is 5.95 Å². The number of thioether (sulfide) groups is 2. The van der Waals surface area contributed by atoms with Crippen LogP contribution in [0.15, 0.2) is 35.3 Å². The average molecular weight is 347 g/mol. The monoisotopic (exact) mass is 347 g/mol. The summed E-state index contributed by atoms with van der Waals surface area (Å²) in [7, 11) is 0. The van der Waals surface area contributed by atoms with E-state index in [2.05, 4.69) is 27.0 Å². The zero-order chi connectivity index (χ0) is 15.5. The molecule has 1 aromatic heterocycles. The fraction of sp³-hybridized carbons (Fsp3) is 0.400. The normalized spacial score (nSPS) is 17.9. The van der Waals surface area contributed by atoms with E-state index in [4.69, 9.17) is 9.84 Å². The molecule has 0 bridgehead atoms. The van der Waals surface area contributed by atoms with Crippen molar-refractivity contribution >= 4 is 39.8 Å². The van der Waals surface area contributed by atoms with E-state index in [0.717, 1.165) is 41.7 Å². The van der Waals surface area contributed by atoms with Gasteiger partial charge in [0.1, 0.15) is 4.38 Å². The van der Waals surface area contributed by atoms with Crippen molar-refractivity contribution in [1.29, 1.82) is 0 Å². The fourth-order valence-corrected chi connectivity index (χ4v) is 3.61. The molecule has 0 saturated carbocycles. The van der Waals surface area contributed by atoms with Crippen LogP contribution < -0.4 is 4.90 Å². The first-order valence-electron chi connectivity index (χ1n) is 7.54. The second-order valence-corrected chi connectivity index (χ2v) is 7.79. The maximum atomic E-state index is 5.41. The zero-order valence-corrected chi connectivity index (χ0v) is 14.2. The highest BCUT2D eigenvalue weighted by atomic mass is 32.3. The van der Waals surface area contributed by atoms with Gasteiger partial charge in [-0.3, -0.25) is 0 Å². The van der Waals surface area contributed by atoms with Crippen molar-refractivity contribution in [1.82, 2.24) is 14.8 Å². The Labute approximate surface area is 143 Å². The van der Waals surface area contributed by atoms with E-state index in [1.165, 1.54) is 5.56 Å². The first kappa shape index (κ1) is 15.0. The molecular formula is C15H17N5OS2. The number of anilines is 1. The Morgan fingerprint density at radius 1 is 1.13 bits per heavy atom. The maximum absolute atomic E-state index is 5.41. The van der Waals surface area contributed by atoms with Gasteiger partial charge in [0, 0.05) is 13.1 Å². The molecule has 1 aromatic carbocycles. The molecule has 0 unspecified atom stereocenters. The van der Waals surface area contributed by atoms with Gasteiger partial charge in [0.15, 0.2) is 0 Å². The number of morpholine rings is 1. The van der Waals surface area contributed by atoms with Crippen LogP contribution in [0.5, 0.6) is 0 Å². The maximum Gasteiger partial charge on any atom is 0.251 e. The molecule has 0 spiro atoms. The molecule has 23 heavy (non-hydrogen) atoms. The SMILES string of the molecule is c1ccc(Cn2nc(N3CCOCC3)nc2N=C2SCS2)cc1. The first-order chi connectivity index (χ1) is 11.4. The van der Waals surface area contributed by atoms with Crippen LogP contribution in [-0.4, -0.2) is 50.5 Å². The molecule has 2 saturated heterocycles. The Morgan fingerprint density at radius 2 is 1.91 bits per heavy atom. The molecule has 2 fully saturated rings. The lowest BCUT2D eigenvalue weighted by Gasteiger charge is -2.25. The number of hydrogen-bond donors (Lipinski definition) is 0. The molecule has 0 aliphatic carbocycles. The van der Waals surface area contributed by atoms with Crippen molar-refractivity contribution in [2.24, 2.45) is 4.99 Å². The second-order valence-electron chi connectivity index (χ2n) is 5.24. The van der Waals surface area contributed by atoms with E-state index in [1.54, 1.807) is 23.5 Å². The number of aromatic nitrogens is 3. The van der Waals surface area contributed by atoms with Gasteiger partial charge in [0.05, 0.1) is 24.8 Å². The topological polar surface area (TPSA) is 55.5 Å². The van der Waals surface area contributed by atoms with Crippen molar-refractivity contribution in [3.8, 4) is 0 Å². The minimum absolute atomic E-state index is 0.680. The summed E-state index contributed by atoms with van der Waals surface area (Å²) in [6.07, 6.45) is 0. The van der Waals surface area contributed by atoms with Gasteiger partial charge in [-0.05, 0) is 5.56 Å². The smallest absolute Gasteiger partial charge is 0.251 e. The van der Waals surface area contributed by atoms with Crippen LogP contribution in [0, 0.1) is 0 Å². The molecule has 2 aliphatic rings. The van der Waals surface area contributed by atoms with E-state index in [9.17, 15) is 0 Å². The Bertz CT molecular complexity index is 691. The number of ether oxygens (including phenoxy) is 1. The van der Waals surface area contributed by atoms with E-state index in [-0.39, 0.29) is 0 Å². The van der Waals surface area contributed by atoms with Crippen molar-refractivity contribution in [3.63, 3.8) is 0 Å². The zero-order valence-electron chi connectivity index (χ0n) is 12.6. The Morgan fingerprint density at radius 3 is 2.61 bits per heavy atom. The Hall–Kier alpha value is -1.51. The van der Waals surface area contributed by atoms with Crippen LogP contribution in [0.2, 0.25) is 0 Å². The van der Waals surface area contributed by atoms with Crippen molar-refractivity contribution in [3.05, 3.63) is 35.9 Å². The average Bonchev–Trinajstić information content (AvgIpc) is 2.96. The fourth-order valence-electron chi connectivity index (χ4n) is 2.42. The first-order valence-corrected chi connectivity index (χ1v) is 9.51. The molecular weight excluding hydrogens is 330 g/mol. The van der Waals surface area contributed by atoms with Crippen LogP contribution in [0.4, 0.5) is 11.9 Å². The number of nitrogens with zero attached hydrogens (tertiary/aromatic N) is 5. The lowest BCUT2D eigenvalue weighted by Crippen LogP contribution is -2.37. The third-order valence-corrected chi connectivity index (χ3v) is 5.99. The Kier molecular flexibility index (Phi) is 4.54. The summed E-state index contributed by atoms with van der Waals surface area (Å²) in [6, 6.07) is 10.3. The van der Waals surface area contributed by atoms with E-state index in [0.29, 0.717) is 12.5 Å². The van der Waals surface area contributed by atoms with Crippen LogP contribution >= 0.6 is 23.5 Å². The van der Waals surface area contributed by atoms with Gasteiger partial charge >= 0.3 is 0 Å². The summed E-state index contributed by atoms with van der Waals surface area (Å²) >= 11 is 3.52. The molecule has 4 rings (SSSR count). The van der Waals surface area contributed by atoms with Crippen LogP contribution in [0.1, 0.15) is 5.56 Å². The minimum Gasteiger partial charge on any atom is -0.378 e. The lowest BCUT2D eigenvalue weighted by molar-refractivity contribution is 0.122. The van der Waals surface area contributed by atoms with Gasteiger partial charge in [-0.15, -0.1) is 5.10 Å². The van der Waals surface area contributed by atoms with E-state index < -0.39 is 0 Å². The van der Waals surface area contributed by atoms with Crippen LogP contribution in [-0.2, 0) is 11.3 Å². The number of aliphatic imine (C=N–C) groups is 1. The highest BCUT2D eigenvalue weighted by molar-refractivity contribution is 8.52. The van der Waals surface area contributed by atoms with Gasteiger partial charge in [-0.1, -0.05) is 53.9 Å². The molecule has 2 aliphatic heterocycles. The molecule has 8 heteroatoms. The molecule has 0 atom stereocenters. The molecule has 120 valence electrons. The standard InChI is InChI=1S/C15H17N5OS2/c1-2-4-12(5-3-1)10-20-13(17-15-22-11-23-15)16-14(18-20)19-6-8-21-9-7-19/h1-5H,6-11H2. The molecule has 6 nitrogen and oxygen atoms in total. The highest BCUT2D eigenvalue weighted by Gasteiger charge is 2.20.